The van der Waals surface area contributed by atoms with Crippen molar-refractivity contribution in [2.45, 2.75) is 12.8 Å². The number of ether oxygens (including phenoxy) is 1. The summed E-state index contributed by atoms with van der Waals surface area (Å²) < 4.78 is 5.52. The van der Waals surface area contributed by atoms with Crippen LogP contribution in [0.1, 0.15) is 12.8 Å². The fraction of sp³-hybridized carbons (Fsp3) is 0.375. The summed E-state index contributed by atoms with van der Waals surface area (Å²) in [5.41, 5.74) is 12.3. The molecule has 0 atom stereocenters. The van der Waals surface area contributed by atoms with Gasteiger partial charge in [-0.05, 0) is 44.1 Å². The van der Waals surface area contributed by atoms with Gasteiger partial charge in [0.05, 0.1) is 0 Å². The van der Waals surface area contributed by atoms with Gasteiger partial charge >= 0.3 is 0 Å². The molecule has 2 aromatic heterocycles. The molecule has 124 valence electrons. The highest BCUT2D eigenvalue weighted by atomic mass is 35.5. The van der Waals surface area contributed by atoms with Gasteiger partial charge in [-0.25, -0.2) is 9.97 Å². The van der Waals surface area contributed by atoms with E-state index in [1.165, 1.54) is 25.9 Å². The van der Waals surface area contributed by atoms with Gasteiger partial charge in [-0.15, -0.1) is 0 Å². The van der Waals surface area contributed by atoms with Crippen molar-refractivity contribution in [2.75, 3.05) is 37.7 Å². The molecule has 0 spiro atoms. The van der Waals surface area contributed by atoms with E-state index in [-0.39, 0.29) is 0 Å². The second kappa shape index (κ2) is 9.17. The maximum atomic E-state index is 5.62. The van der Waals surface area contributed by atoms with Crippen LogP contribution in [0, 0.1) is 0 Å². The van der Waals surface area contributed by atoms with Crippen LogP contribution >= 0.6 is 11.6 Å². The van der Waals surface area contributed by atoms with E-state index in [1.54, 1.807) is 36.7 Å². The Morgan fingerprint density at radius 3 is 2.26 bits per heavy atom. The lowest BCUT2D eigenvalue weighted by Crippen LogP contribution is -2.25. The Hall–Kier alpha value is -2.05. The van der Waals surface area contributed by atoms with E-state index in [2.05, 4.69) is 14.9 Å². The molecule has 0 saturated carbocycles. The lowest BCUT2D eigenvalue weighted by Gasteiger charge is -2.14. The first-order valence-electron chi connectivity index (χ1n) is 7.57. The Morgan fingerprint density at radius 2 is 1.70 bits per heavy atom. The van der Waals surface area contributed by atoms with Crippen LogP contribution in [-0.2, 0) is 0 Å². The summed E-state index contributed by atoms with van der Waals surface area (Å²) in [6.07, 6.45) is 5.87. The number of nitrogens with two attached hydrogens (primary N) is 2. The minimum atomic E-state index is 0.435. The molecule has 23 heavy (non-hydrogen) atoms. The molecule has 4 N–H and O–H groups in total. The van der Waals surface area contributed by atoms with Crippen molar-refractivity contribution in [3.8, 4) is 5.88 Å². The molecule has 3 heterocycles. The third-order valence-corrected chi connectivity index (χ3v) is 3.57. The topological polar surface area (TPSA) is 90.3 Å². The second-order valence-corrected chi connectivity index (χ2v) is 5.62. The van der Waals surface area contributed by atoms with E-state index in [1.807, 2.05) is 0 Å². The molecule has 7 heteroatoms. The fourth-order valence-corrected chi connectivity index (χ4v) is 2.39. The summed E-state index contributed by atoms with van der Waals surface area (Å²) in [5, 5.41) is 0.435. The number of hydrogen-bond acceptors (Lipinski definition) is 6. The Kier molecular flexibility index (Phi) is 6.90. The van der Waals surface area contributed by atoms with E-state index in [9.17, 15) is 0 Å². The molecule has 1 aliphatic heterocycles. The van der Waals surface area contributed by atoms with E-state index in [4.69, 9.17) is 27.8 Å². The Bertz CT molecular complexity index is 587. The molecule has 3 rings (SSSR count). The largest absolute Gasteiger partial charge is 0.476 e. The summed E-state index contributed by atoms with van der Waals surface area (Å²) in [4.78, 5) is 10.2. The molecule has 0 bridgehead atoms. The van der Waals surface area contributed by atoms with Gasteiger partial charge in [0.1, 0.15) is 11.8 Å². The van der Waals surface area contributed by atoms with Crippen molar-refractivity contribution in [2.24, 2.45) is 0 Å². The van der Waals surface area contributed by atoms with Gasteiger partial charge in [0.2, 0.25) is 5.88 Å². The Morgan fingerprint density at radius 1 is 1.04 bits per heavy atom. The molecular weight excluding hydrogens is 314 g/mol. The molecular formula is C16H22ClN5O. The van der Waals surface area contributed by atoms with Crippen molar-refractivity contribution < 1.29 is 4.74 Å². The standard InChI is InChI=1S/C11H17N3O.C5H5ClN2/c12-10-3-4-13-11(9-10)15-8-7-14-5-1-2-6-14;6-5-3-4(7)1-2-8-5/h3-4,9H,1-2,5-8H2,(H2,12,13);1-3H,(H2,7,8). The van der Waals surface area contributed by atoms with Gasteiger partial charge in [0.15, 0.2) is 0 Å². The van der Waals surface area contributed by atoms with Crippen LogP contribution in [0.3, 0.4) is 0 Å². The van der Waals surface area contributed by atoms with Crippen LogP contribution < -0.4 is 16.2 Å². The predicted molar refractivity (Wildman–Crippen MR) is 93.5 cm³/mol. The maximum absolute atomic E-state index is 5.62. The van der Waals surface area contributed by atoms with Gasteiger partial charge in [-0.1, -0.05) is 11.6 Å². The first-order valence-corrected chi connectivity index (χ1v) is 7.95. The molecule has 0 aromatic carbocycles. The fourth-order valence-electron chi connectivity index (χ4n) is 2.21. The van der Waals surface area contributed by atoms with E-state index in [0.717, 1.165) is 6.54 Å². The molecule has 0 radical (unpaired) electrons. The first kappa shape index (κ1) is 17.3. The molecule has 0 unspecified atom stereocenters. The van der Waals surface area contributed by atoms with Crippen molar-refractivity contribution in [1.82, 2.24) is 14.9 Å². The number of nitrogens with zero attached hydrogens (tertiary/aromatic N) is 3. The minimum Gasteiger partial charge on any atom is -0.476 e. The van der Waals surface area contributed by atoms with Crippen molar-refractivity contribution >= 4 is 23.0 Å². The number of hydrogen-bond donors (Lipinski definition) is 2. The SMILES string of the molecule is Nc1ccnc(Cl)c1.Nc1ccnc(OCCN2CCCC2)c1. The first-order chi connectivity index (χ1) is 11.1. The highest BCUT2D eigenvalue weighted by Crippen LogP contribution is 2.11. The normalized spacial score (nSPS) is 14.1. The zero-order valence-corrected chi connectivity index (χ0v) is 13.7. The van der Waals surface area contributed by atoms with Gasteiger partial charge in [-0.2, -0.15) is 0 Å². The Labute approximate surface area is 141 Å². The maximum Gasteiger partial charge on any atom is 0.215 e. The van der Waals surface area contributed by atoms with Crippen LogP contribution in [0.2, 0.25) is 5.15 Å². The summed E-state index contributed by atoms with van der Waals surface area (Å²) in [5.74, 6) is 0.620. The van der Waals surface area contributed by atoms with E-state index >= 15 is 0 Å². The van der Waals surface area contributed by atoms with Crippen LogP contribution in [0.4, 0.5) is 11.4 Å². The number of likely N-dealkylation sites (tertiary alicyclic amines) is 1. The lowest BCUT2D eigenvalue weighted by atomic mass is 10.4. The van der Waals surface area contributed by atoms with Crippen molar-refractivity contribution in [3.63, 3.8) is 0 Å². The summed E-state index contributed by atoms with van der Waals surface area (Å²) >= 11 is 5.45. The number of rotatable bonds is 4. The number of halogens is 1. The van der Waals surface area contributed by atoms with Crippen LogP contribution in [0.25, 0.3) is 0 Å². The molecule has 1 aliphatic rings. The van der Waals surface area contributed by atoms with Gasteiger partial charge in [0, 0.05) is 36.4 Å². The van der Waals surface area contributed by atoms with Crippen LogP contribution in [0.5, 0.6) is 5.88 Å². The molecule has 1 fully saturated rings. The highest BCUT2D eigenvalue weighted by molar-refractivity contribution is 6.29. The van der Waals surface area contributed by atoms with E-state index < -0.39 is 0 Å². The molecule has 0 aliphatic carbocycles. The zero-order chi connectivity index (χ0) is 16.5. The second-order valence-electron chi connectivity index (χ2n) is 5.24. The molecule has 6 nitrogen and oxygen atoms in total. The van der Waals surface area contributed by atoms with Gasteiger partial charge < -0.3 is 16.2 Å². The Balaban J connectivity index is 0.000000203. The average molecular weight is 336 g/mol. The quantitative estimate of drug-likeness (QED) is 0.834. The molecule has 1 saturated heterocycles. The highest BCUT2D eigenvalue weighted by Gasteiger charge is 2.10. The van der Waals surface area contributed by atoms with Gasteiger partial charge in [-0.3, -0.25) is 4.90 Å². The van der Waals surface area contributed by atoms with Crippen LogP contribution in [-0.4, -0.2) is 41.1 Å². The number of anilines is 2. The summed E-state index contributed by atoms with van der Waals surface area (Å²) in [6, 6.07) is 6.80. The average Bonchev–Trinajstić information content (AvgIpc) is 3.01. The smallest absolute Gasteiger partial charge is 0.215 e. The number of aromatic nitrogens is 2. The molecule has 2 aromatic rings. The third kappa shape index (κ3) is 6.71. The minimum absolute atomic E-state index is 0.435. The zero-order valence-electron chi connectivity index (χ0n) is 13.0. The van der Waals surface area contributed by atoms with Crippen LogP contribution in [0.15, 0.2) is 36.7 Å². The monoisotopic (exact) mass is 335 g/mol. The van der Waals surface area contributed by atoms with Gasteiger partial charge in [0.25, 0.3) is 0 Å². The summed E-state index contributed by atoms with van der Waals surface area (Å²) in [7, 11) is 0. The third-order valence-electron chi connectivity index (χ3n) is 3.37. The van der Waals surface area contributed by atoms with Crippen molar-refractivity contribution in [3.05, 3.63) is 41.8 Å². The van der Waals surface area contributed by atoms with E-state index in [0.29, 0.717) is 29.0 Å². The number of pyridine rings is 2. The predicted octanol–water partition coefficient (Wildman–Crippen LogP) is 2.46. The lowest BCUT2D eigenvalue weighted by molar-refractivity contribution is 0.232. The summed E-state index contributed by atoms with van der Waals surface area (Å²) in [6.45, 7) is 4.08. The number of nitrogen functional groups attached to an aromatic ring is 2. The van der Waals surface area contributed by atoms with Crippen molar-refractivity contribution in [1.29, 1.82) is 0 Å². The molecule has 0 amide bonds.